The minimum atomic E-state index is -2.43. The molecule has 142 valence electrons. The molecular weight excluding hydrogens is 346 g/mol. The van der Waals surface area contributed by atoms with Gasteiger partial charge in [-0.2, -0.15) is 0 Å². The van der Waals surface area contributed by atoms with Crippen LogP contribution in [0.1, 0.15) is 33.6 Å². The molecule has 0 aliphatic carbocycles. The fourth-order valence-electron chi connectivity index (χ4n) is 5.06. The molecule has 0 bridgehead atoms. The average molecular weight is 378 g/mol. The van der Waals surface area contributed by atoms with Gasteiger partial charge in [0.1, 0.15) is 0 Å². The third-order valence-electron chi connectivity index (χ3n) is 6.20. The Balaban J connectivity index is 1.75. The van der Waals surface area contributed by atoms with Crippen LogP contribution in [-0.2, 0) is 4.43 Å². The van der Waals surface area contributed by atoms with Gasteiger partial charge in [-0.3, -0.25) is 4.90 Å². The molecule has 0 spiro atoms. The molecule has 0 aromatic heterocycles. The van der Waals surface area contributed by atoms with Crippen molar-refractivity contribution >= 4 is 18.7 Å². The SMILES string of the molecule is C=C1C[C@H]2C[C@@H](O[Si](c3ccccc3)(c3ccccc3)C(C)(C)C)CN2C1. The van der Waals surface area contributed by atoms with E-state index in [1.807, 2.05) is 0 Å². The molecule has 2 nitrogen and oxygen atoms in total. The van der Waals surface area contributed by atoms with Gasteiger partial charge in [0.05, 0.1) is 6.10 Å². The second-order valence-electron chi connectivity index (χ2n) is 9.18. The largest absolute Gasteiger partial charge is 0.403 e. The Morgan fingerprint density at radius 2 is 1.52 bits per heavy atom. The van der Waals surface area contributed by atoms with Crippen molar-refractivity contribution < 1.29 is 4.43 Å². The lowest BCUT2D eigenvalue weighted by molar-refractivity contribution is 0.191. The molecule has 0 N–H and O–H groups in total. The third kappa shape index (κ3) is 3.33. The van der Waals surface area contributed by atoms with Gasteiger partial charge in [-0.05, 0) is 28.3 Å². The first-order valence-corrected chi connectivity index (χ1v) is 12.0. The Bertz CT molecular complexity index is 741. The summed E-state index contributed by atoms with van der Waals surface area (Å²) in [6.07, 6.45) is 2.57. The van der Waals surface area contributed by atoms with E-state index in [9.17, 15) is 0 Å². The summed E-state index contributed by atoms with van der Waals surface area (Å²) < 4.78 is 7.27. The zero-order valence-electron chi connectivity index (χ0n) is 16.8. The van der Waals surface area contributed by atoms with Crippen LogP contribution >= 0.6 is 0 Å². The van der Waals surface area contributed by atoms with Crippen LogP contribution in [0.4, 0.5) is 0 Å². The molecule has 4 rings (SSSR count). The fourth-order valence-corrected chi connectivity index (χ4v) is 9.74. The predicted molar refractivity (Wildman–Crippen MR) is 116 cm³/mol. The summed E-state index contributed by atoms with van der Waals surface area (Å²) in [6, 6.07) is 22.6. The summed E-state index contributed by atoms with van der Waals surface area (Å²) in [4.78, 5) is 2.57. The molecule has 0 radical (unpaired) electrons. The van der Waals surface area contributed by atoms with Crippen molar-refractivity contribution in [1.82, 2.24) is 4.90 Å². The van der Waals surface area contributed by atoms with Crippen LogP contribution in [-0.4, -0.2) is 38.5 Å². The third-order valence-corrected chi connectivity index (χ3v) is 11.3. The molecule has 2 aromatic carbocycles. The predicted octanol–water partition coefficient (Wildman–Crippen LogP) is 3.97. The standard InChI is InChI=1S/C24H31NOSi/c1-19-15-20-16-21(18-25(20)17-19)26-27(24(2,3)4,22-11-7-5-8-12-22)23-13-9-6-10-14-23/h5-14,20-21H,1,15-18H2,2-4H3/t20-,21+/m0/s1. The van der Waals surface area contributed by atoms with Crippen LogP contribution in [0.3, 0.4) is 0 Å². The van der Waals surface area contributed by atoms with Crippen molar-refractivity contribution in [2.24, 2.45) is 0 Å². The Kier molecular flexibility index (Phi) is 4.87. The van der Waals surface area contributed by atoms with Crippen molar-refractivity contribution in [1.29, 1.82) is 0 Å². The maximum Gasteiger partial charge on any atom is 0.261 e. The van der Waals surface area contributed by atoms with E-state index in [-0.39, 0.29) is 5.04 Å². The van der Waals surface area contributed by atoms with E-state index < -0.39 is 8.32 Å². The number of nitrogens with zero attached hydrogens (tertiary/aromatic N) is 1. The summed E-state index contributed by atoms with van der Waals surface area (Å²) >= 11 is 0. The van der Waals surface area contributed by atoms with E-state index in [4.69, 9.17) is 4.43 Å². The highest BCUT2D eigenvalue weighted by atomic mass is 28.4. The van der Waals surface area contributed by atoms with Crippen molar-refractivity contribution in [3.8, 4) is 0 Å². The summed E-state index contributed by atoms with van der Waals surface area (Å²) in [6.45, 7) is 13.4. The van der Waals surface area contributed by atoms with Crippen LogP contribution in [0.15, 0.2) is 72.8 Å². The zero-order chi connectivity index (χ0) is 19.1. The van der Waals surface area contributed by atoms with Crippen LogP contribution in [0.25, 0.3) is 0 Å². The van der Waals surface area contributed by atoms with E-state index in [0.29, 0.717) is 12.1 Å². The summed E-state index contributed by atoms with van der Waals surface area (Å²) in [7, 11) is -2.43. The summed E-state index contributed by atoms with van der Waals surface area (Å²) in [5, 5.41) is 2.80. The number of fused-ring (bicyclic) bond motifs is 1. The van der Waals surface area contributed by atoms with E-state index in [1.54, 1.807) is 0 Å². The molecule has 0 amide bonds. The van der Waals surface area contributed by atoms with Gasteiger partial charge >= 0.3 is 0 Å². The first kappa shape index (κ1) is 18.7. The zero-order valence-corrected chi connectivity index (χ0v) is 17.8. The first-order chi connectivity index (χ1) is 12.9. The van der Waals surface area contributed by atoms with Gasteiger partial charge in [0, 0.05) is 19.1 Å². The Morgan fingerprint density at radius 1 is 0.963 bits per heavy atom. The van der Waals surface area contributed by atoms with Gasteiger partial charge in [-0.1, -0.05) is 93.6 Å². The molecule has 3 heteroatoms. The van der Waals surface area contributed by atoms with Gasteiger partial charge in [-0.15, -0.1) is 0 Å². The minimum Gasteiger partial charge on any atom is -0.403 e. The fraction of sp³-hybridized carbons (Fsp3) is 0.417. The molecule has 2 saturated heterocycles. The second kappa shape index (κ2) is 7.05. The van der Waals surface area contributed by atoms with E-state index in [2.05, 4.69) is 92.9 Å². The smallest absolute Gasteiger partial charge is 0.261 e. The second-order valence-corrected chi connectivity index (χ2v) is 13.4. The molecule has 2 aliphatic heterocycles. The molecule has 0 unspecified atom stereocenters. The van der Waals surface area contributed by atoms with E-state index >= 15 is 0 Å². The van der Waals surface area contributed by atoms with Crippen molar-refractivity contribution in [3.63, 3.8) is 0 Å². The van der Waals surface area contributed by atoms with Crippen LogP contribution in [0.2, 0.25) is 5.04 Å². The van der Waals surface area contributed by atoms with E-state index in [1.165, 1.54) is 15.9 Å². The minimum absolute atomic E-state index is 0.0480. The number of benzene rings is 2. The average Bonchev–Trinajstić information content (AvgIpc) is 3.16. The van der Waals surface area contributed by atoms with Crippen molar-refractivity contribution in [3.05, 3.63) is 72.8 Å². The van der Waals surface area contributed by atoms with Gasteiger partial charge in [-0.25, -0.2) is 0 Å². The monoisotopic (exact) mass is 377 g/mol. The lowest BCUT2D eigenvalue weighted by Crippen LogP contribution is -2.67. The summed E-state index contributed by atoms with van der Waals surface area (Å²) in [5.74, 6) is 0. The van der Waals surface area contributed by atoms with Crippen molar-refractivity contribution in [2.45, 2.75) is 50.8 Å². The summed E-state index contributed by atoms with van der Waals surface area (Å²) in [5.41, 5.74) is 1.38. The van der Waals surface area contributed by atoms with Crippen LogP contribution in [0, 0.1) is 0 Å². The van der Waals surface area contributed by atoms with Gasteiger partial charge in [0.15, 0.2) is 0 Å². The number of hydrogen-bond donors (Lipinski definition) is 0. The number of rotatable bonds is 4. The highest BCUT2D eigenvalue weighted by molar-refractivity contribution is 6.99. The molecular formula is C24H31NOSi. The van der Waals surface area contributed by atoms with Crippen molar-refractivity contribution in [2.75, 3.05) is 13.1 Å². The first-order valence-electron chi connectivity index (χ1n) is 10.1. The highest BCUT2D eigenvalue weighted by Crippen LogP contribution is 2.40. The lowest BCUT2D eigenvalue weighted by Gasteiger charge is -2.44. The topological polar surface area (TPSA) is 12.5 Å². The van der Waals surface area contributed by atoms with Gasteiger partial charge < -0.3 is 4.43 Å². The molecule has 27 heavy (non-hydrogen) atoms. The van der Waals surface area contributed by atoms with E-state index in [0.717, 1.165) is 25.9 Å². The Labute approximate surface area is 165 Å². The van der Waals surface area contributed by atoms with Gasteiger partial charge in [0.2, 0.25) is 0 Å². The Morgan fingerprint density at radius 3 is 2.00 bits per heavy atom. The van der Waals surface area contributed by atoms with Gasteiger partial charge in [0.25, 0.3) is 8.32 Å². The lowest BCUT2D eigenvalue weighted by atomic mass is 10.1. The maximum absolute atomic E-state index is 7.27. The molecule has 0 saturated carbocycles. The van der Waals surface area contributed by atoms with Crippen LogP contribution in [0.5, 0.6) is 0 Å². The molecule has 2 heterocycles. The molecule has 2 atom stereocenters. The molecule has 2 fully saturated rings. The van der Waals surface area contributed by atoms with Crippen LogP contribution < -0.4 is 10.4 Å². The highest BCUT2D eigenvalue weighted by Gasteiger charge is 2.52. The quantitative estimate of drug-likeness (QED) is 0.591. The maximum atomic E-state index is 7.27. The number of hydrogen-bond acceptors (Lipinski definition) is 2. The molecule has 2 aromatic rings. The molecule has 2 aliphatic rings. The Hall–Kier alpha value is -1.68. The normalized spacial score (nSPS) is 23.6.